The third-order valence-electron chi connectivity index (χ3n) is 3.16. The quantitative estimate of drug-likeness (QED) is 0.798. The number of ether oxygens (including phenoxy) is 2. The van der Waals surface area contributed by atoms with Crippen LogP contribution in [0, 0.1) is 0 Å². The van der Waals surface area contributed by atoms with Crippen LogP contribution in [0.4, 0.5) is 11.4 Å². The monoisotopic (exact) mass is 286 g/mol. The zero-order chi connectivity index (χ0) is 15.2. The fourth-order valence-corrected chi connectivity index (χ4v) is 2.17. The summed E-state index contributed by atoms with van der Waals surface area (Å²) in [6.07, 6.45) is 0.729. The highest BCUT2D eigenvalue weighted by molar-refractivity contribution is 5.52. The standard InChI is InChI=1S/C17H22N2O2/c1-12(20-16-9-5-3-7-14(16)18)11-13(2)21-17-10-6-4-8-15(17)19/h3-10,12-13H,11,18-19H2,1-2H3. The molecule has 2 unspecified atom stereocenters. The molecule has 21 heavy (non-hydrogen) atoms. The van der Waals surface area contributed by atoms with Crippen LogP contribution in [-0.4, -0.2) is 12.2 Å². The number of anilines is 2. The summed E-state index contributed by atoms with van der Waals surface area (Å²) in [7, 11) is 0. The molecule has 0 aliphatic heterocycles. The largest absolute Gasteiger partial charge is 0.488 e. The summed E-state index contributed by atoms with van der Waals surface area (Å²) in [4.78, 5) is 0. The maximum absolute atomic E-state index is 5.87. The summed E-state index contributed by atoms with van der Waals surface area (Å²) in [5, 5.41) is 0. The van der Waals surface area contributed by atoms with Crippen molar-refractivity contribution in [3.05, 3.63) is 48.5 Å². The molecule has 0 spiro atoms. The van der Waals surface area contributed by atoms with Gasteiger partial charge < -0.3 is 20.9 Å². The second-order valence-corrected chi connectivity index (χ2v) is 5.17. The molecule has 2 rings (SSSR count). The van der Waals surface area contributed by atoms with Crippen LogP contribution in [0.25, 0.3) is 0 Å². The molecule has 112 valence electrons. The van der Waals surface area contributed by atoms with Crippen LogP contribution in [0.2, 0.25) is 0 Å². The Labute approximate surface area is 125 Å². The Kier molecular flexibility index (Phi) is 4.93. The van der Waals surface area contributed by atoms with Crippen molar-refractivity contribution in [2.24, 2.45) is 0 Å². The Hall–Kier alpha value is -2.36. The number of para-hydroxylation sites is 4. The Morgan fingerprint density at radius 1 is 0.762 bits per heavy atom. The molecule has 2 aromatic carbocycles. The third-order valence-corrected chi connectivity index (χ3v) is 3.16. The summed E-state index contributed by atoms with van der Waals surface area (Å²) in [5.41, 5.74) is 13.0. The summed E-state index contributed by atoms with van der Waals surface area (Å²) in [6.45, 7) is 4.00. The number of hydrogen-bond acceptors (Lipinski definition) is 4. The van der Waals surface area contributed by atoms with E-state index in [0.29, 0.717) is 22.9 Å². The highest BCUT2D eigenvalue weighted by atomic mass is 16.5. The van der Waals surface area contributed by atoms with Crippen LogP contribution in [0.3, 0.4) is 0 Å². The summed E-state index contributed by atoms with van der Waals surface area (Å²) in [5.74, 6) is 1.41. The van der Waals surface area contributed by atoms with Crippen molar-refractivity contribution in [2.45, 2.75) is 32.5 Å². The van der Waals surface area contributed by atoms with Gasteiger partial charge in [-0.25, -0.2) is 0 Å². The van der Waals surface area contributed by atoms with Crippen molar-refractivity contribution in [2.75, 3.05) is 11.5 Å². The van der Waals surface area contributed by atoms with Gasteiger partial charge in [0, 0.05) is 6.42 Å². The molecule has 0 radical (unpaired) electrons. The van der Waals surface area contributed by atoms with Gasteiger partial charge in [-0.1, -0.05) is 24.3 Å². The first-order valence-electron chi connectivity index (χ1n) is 7.08. The Morgan fingerprint density at radius 3 is 1.52 bits per heavy atom. The highest BCUT2D eigenvalue weighted by Gasteiger charge is 2.13. The van der Waals surface area contributed by atoms with Crippen molar-refractivity contribution in [3.8, 4) is 11.5 Å². The van der Waals surface area contributed by atoms with Crippen LogP contribution in [0.5, 0.6) is 11.5 Å². The molecule has 2 aromatic rings. The van der Waals surface area contributed by atoms with Crippen molar-refractivity contribution in [1.29, 1.82) is 0 Å². The molecule has 4 N–H and O–H groups in total. The van der Waals surface area contributed by atoms with E-state index in [0.717, 1.165) is 6.42 Å². The van der Waals surface area contributed by atoms with Gasteiger partial charge in [-0.15, -0.1) is 0 Å². The fraction of sp³-hybridized carbons (Fsp3) is 0.294. The highest BCUT2D eigenvalue weighted by Crippen LogP contribution is 2.24. The zero-order valence-corrected chi connectivity index (χ0v) is 12.5. The molecule has 4 nitrogen and oxygen atoms in total. The summed E-state index contributed by atoms with van der Waals surface area (Å²) < 4.78 is 11.7. The lowest BCUT2D eigenvalue weighted by Crippen LogP contribution is -2.23. The zero-order valence-electron chi connectivity index (χ0n) is 12.5. The first kappa shape index (κ1) is 15.0. The second kappa shape index (κ2) is 6.88. The van der Waals surface area contributed by atoms with Crippen LogP contribution >= 0.6 is 0 Å². The fourth-order valence-electron chi connectivity index (χ4n) is 2.17. The third kappa shape index (κ3) is 4.31. The van der Waals surface area contributed by atoms with Crippen molar-refractivity contribution >= 4 is 11.4 Å². The van der Waals surface area contributed by atoms with Crippen LogP contribution in [0.1, 0.15) is 20.3 Å². The van der Waals surface area contributed by atoms with Gasteiger partial charge in [0.2, 0.25) is 0 Å². The average molecular weight is 286 g/mol. The molecule has 0 aliphatic carbocycles. The minimum Gasteiger partial charge on any atom is -0.488 e. The number of rotatable bonds is 6. The van der Waals surface area contributed by atoms with Gasteiger partial charge in [-0.05, 0) is 38.1 Å². The Morgan fingerprint density at radius 2 is 1.14 bits per heavy atom. The number of benzene rings is 2. The number of hydrogen-bond donors (Lipinski definition) is 2. The topological polar surface area (TPSA) is 70.5 Å². The smallest absolute Gasteiger partial charge is 0.142 e. The maximum Gasteiger partial charge on any atom is 0.142 e. The van der Waals surface area contributed by atoms with E-state index < -0.39 is 0 Å². The van der Waals surface area contributed by atoms with Gasteiger partial charge in [-0.3, -0.25) is 0 Å². The molecule has 4 heteroatoms. The molecular formula is C17H22N2O2. The Balaban J connectivity index is 1.89. The normalized spacial score (nSPS) is 13.4. The molecule has 2 atom stereocenters. The van der Waals surface area contributed by atoms with E-state index in [2.05, 4.69) is 0 Å². The van der Waals surface area contributed by atoms with E-state index in [4.69, 9.17) is 20.9 Å². The molecule has 0 aromatic heterocycles. The lowest BCUT2D eigenvalue weighted by Gasteiger charge is -2.21. The van der Waals surface area contributed by atoms with E-state index in [1.54, 1.807) is 0 Å². The molecule has 0 saturated carbocycles. The summed E-state index contributed by atoms with van der Waals surface area (Å²) >= 11 is 0. The van der Waals surface area contributed by atoms with Gasteiger partial charge in [0.1, 0.15) is 11.5 Å². The van der Waals surface area contributed by atoms with E-state index in [-0.39, 0.29) is 12.2 Å². The predicted molar refractivity (Wildman–Crippen MR) is 86.5 cm³/mol. The minimum atomic E-state index is -0.00497. The number of nitrogens with two attached hydrogens (primary N) is 2. The van der Waals surface area contributed by atoms with E-state index >= 15 is 0 Å². The SMILES string of the molecule is CC(CC(C)Oc1ccccc1N)Oc1ccccc1N. The van der Waals surface area contributed by atoms with Gasteiger partial charge in [0.25, 0.3) is 0 Å². The molecular weight excluding hydrogens is 264 g/mol. The van der Waals surface area contributed by atoms with Crippen molar-refractivity contribution in [1.82, 2.24) is 0 Å². The minimum absolute atomic E-state index is 0.00497. The lowest BCUT2D eigenvalue weighted by atomic mass is 10.2. The van der Waals surface area contributed by atoms with Crippen molar-refractivity contribution in [3.63, 3.8) is 0 Å². The molecule has 0 aliphatic rings. The van der Waals surface area contributed by atoms with E-state index in [1.807, 2.05) is 62.4 Å². The van der Waals surface area contributed by atoms with Gasteiger partial charge in [0.05, 0.1) is 23.6 Å². The van der Waals surface area contributed by atoms with Crippen molar-refractivity contribution < 1.29 is 9.47 Å². The summed E-state index contributed by atoms with van der Waals surface area (Å²) in [6, 6.07) is 15.0. The van der Waals surface area contributed by atoms with Crippen LogP contribution in [0.15, 0.2) is 48.5 Å². The van der Waals surface area contributed by atoms with Crippen LogP contribution in [-0.2, 0) is 0 Å². The second-order valence-electron chi connectivity index (χ2n) is 5.17. The molecule has 0 saturated heterocycles. The molecule has 0 heterocycles. The van der Waals surface area contributed by atoms with Gasteiger partial charge in [0.15, 0.2) is 0 Å². The van der Waals surface area contributed by atoms with Gasteiger partial charge >= 0.3 is 0 Å². The number of nitrogen functional groups attached to an aromatic ring is 2. The molecule has 0 fully saturated rings. The maximum atomic E-state index is 5.87. The average Bonchev–Trinajstić information content (AvgIpc) is 2.44. The van der Waals surface area contributed by atoms with E-state index in [9.17, 15) is 0 Å². The lowest BCUT2D eigenvalue weighted by molar-refractivity contribution is 0.132. The molecule has 0 amide bonds. The van der Waals surface area contributed by atoms with Gasteiger partial charge in [-0.2, -0.15) is 0 Å². The first-order chi connectivity index (χ1) is 10.1. The van der Waals surface area contributed by atoms with Crippen LogP contribution < -0.4 is 20.9 Å². The Bertz CT molecular complexity index is 535. The predicted octanol–water partition coefficient (Wildman–Crippen LogP) is 3.48. The van der Waals surface area contributed by atoms with E-state index in [1.165, 1.54) is 0 Å². The first-order valence-corrected chi connectivity index (χ1v) is 7.08. The molecule has 0 bridgehead atoms.